The van der Waals surface area contributed by atoms with Gasteiger partial charge >= 0.3 is 6.09 Å². The van der Waals surface area contributed by atoms with Gasteiger partial charge in [-0.25, -0.2) is 10.2 Å². The van der Waals surface area contributed by atoms with Crippen LogP contribution in [0, 0.1) is 13.8 Å². The van der Waals surface area contributed by atoms with E-state index in [9.17, 15) is 4.79 Å². The summed E-state index contributed by atoms with van der Waals surface area (Å²) in [6.07, 6.45) is -0.564. The van der Waals surface area contributed by atoms with Crippen molar-refractivity contribution in [3.8, 4) is 0 Å². The number of aromatic nitrogens is 2. The van der Waals surface area contributed by atoms with Crippen LogP contribution in [0.5, 0.6) is 0 Å². The fourth-order valence-electron chi connectivity index (χ4n) is 1.78. The highest BCUT2D eigenvalue weighted by Gasteiger charge is 2.16. The van der Waals surface area contributed by atoms with Crippen molar-refractivity contribution in [2.24, 2.45) is 12.1 Å². The van der Waals surface area contributed by atoms with Crippen LogP contribution in [-0.2, 0) is 11.8 Å². The first-order valence-electron chi connectivity index (χ1n) is 6.15. The molecule has 0 atom stereocenters. The third-order valence-electron chi connectivity index (χ3n) is 2.58. The SMILES string of the molecule is CC(=NNC(=O)OC(C)(C)C)c1c(C)nn(C)c1C. The van der Waals surface area contributed by atoms with E-state index in [0.717, 1.165) is 17.0 Å². The van der Waals surface area contributed by atoms with Gasteiger partial charge in [-0.1, -0.05) is 0 Å². The molecule has 0 aromatic carbocycles. The summed E-state index contributed by atoms with van der Waals surface area (Å²) >= 11 is 0. The normalized spacial score (nSPS) is 12.5. The van der Waals surface area contributed by atoms with Crippen LogP contribution < -0.4 is 5.43 Å². The number of carbonyl (C=O) groups is 1. The molecule has 6 nitrogen and oxygen atoms in total. The zero-order valence-corrected chi connectivity index (χ0v) is 12.7. The lowest BCUT2D eigenvalue weighted by Gasteiger charge is -2.18. The van der Waals surface area contributed by atoms with Crippen molar-refractivity contribution in [1.82, 2.24) is 15.2 Å². The molecule has 0 fully saturated rings. The van der Waals surface area contributed by atoms with E-state index < -0.39 is 11.7 Å². The molecule has 0 aliphatic carbocycles. The zero-order chi connectivity index (χ0) is 14.8. The molecule has 1 aromatic rings. The Labute approximate surface area is 113 Å². The van der Waals surface area contributed by atoms with E-state index in [-0.39, 0.29) is 0 Å². The van der Waals surface area contributed by atoms with Crippen LogP contribution in [-0.4, -0.2) is 27.2 Å². The molecule has 0 saturated carbocycles. The molecule has 0 unspecified atom stereocenters. The Kier molecular flexibility index (Phi) is 4.34. The molecule has 0 bridgehead atoms. The van der Waals surface area contributed by atoms with Gasteiger partial charge in [-0.15, -0.1) is 0 Å². The number of rotatable bonds is 2. The van der Waals surface area contributed by atoms with Crippen LogP contribution in [0.25, 0.3) is 0 Å². The fourth-order valence-corrected chi connectivity index (χ4v) is 1.78. The van der Waals surface area contributed by atoms with E-state index in [0.29, 0.717) is 5.71 Å². The highest BCUT2D eigenvalue weighted by molar-refractivity contribution is 6.01. The van der Waals surface area contributed by atoms with Crippen LogP contribution >= 0.6 is 0 Å². The van der Waals surface area contributed by atoms with E-state index in [1.165, 1.54) is 0 Å². The predicted octanol–water partition coefficient (Wildman–Crippen LogP) is 2.29. The molecule has 106 valence electrons. The molecule has 0 aliphatic heterocycles. The molecule has 1 rings (SSSR count). The van der Waals surface area contributed by atoms with E-state index in [1.807, 2.05) is 27.8 Å². The number of amides is 1. The van der Waals surface area contributed by atoms with E-state index >= 15 is 0 Å². The van der Waals surface area contributed by atoms with Crippen molar-refractivity contribution in [2.75, 3.05) is 0 Å². The van der Waals surface area contributed by atoms with Crippen molar-refractivity contribution in [3.05, 3.63) is 17.0 Å². The molecule has 1 N–H and O–H groups in total. The molecular formula is C13H22N4O2. The van der Waals surface area contributed by atoms with Crippen molar-refractivity contribution < 1.29 is 9.53 Å². The minimum absolute atomic E-state index is 0.534. The molecule has 0 radical (unpaired) electrons. The van der Waals surface area contributed by atoms with Gasteiger partial charge in [0.1, 0.15) is 5.60 Å². The highest BCUT2D eigenvalue weighted by atomic mass is 16.6. The highest BCUT2D eigenvalue weighted by Crippen LogP contribution is 2.13. The summed E-state index contributed by atoms with van der Waals surface area (Å²) in [5.74, 6) is 0. The van der Waals surface area contributed by atoms with Crippen LogP contribution in [0.1, 0.15) is 44.6 Å². The standard InChI is InChI=1S/C13H22N4O2/c1-8(11-9(2)16-17(7)10(11)3)14-15-12(18)19-13(4,5)6/h1-7H3,(H,15,18). The Bertz CT molecular complexity index is 509. The second kappa shape index (κ2) is 5.42. The minimum atomic E-state index is -0.564. The molecule has 6 heteroatoms. The van der Waals surface area contributed by atoms with E-state index in [4.69, 9.17) is 4.74 Å². The topological polar surface area (TPSA) is 68.5 Å². The molecule has 1 heterocycles. The van der Waals surface area contributed by atoms with Crippen molar-refractivity contribution in [1.29, 1.82) is 0 Å². The second-order valence-corrected chi connectivity index (χ2v) is 5.48. The molecule has 1 amide bonds. The Morgan fingerprint density at radius 1 is 1.37 bits per heavy atom. The quantitative estimate of drug-likeness (QED) is 0.659. The molecule has 1 aromatic heterocycles. The largest absolute Gasteiger partial charge is 0.443 e. The van der Waals surface area contributed by atoms with Gasteiger partial charge in [0, 0.05) is 18.3 Å². The smallest absolute Gasteiger partial charge is 0.428 e. The summed E-state index contributed by atoms with van der Waals surface area (Å²) in [5, 5.41) is 8.36. The number of hydrogen-bond acceptors (Lipinski definition) is 4. The van der Waals surface area contributed by atoms with Gasteiger partial charge in [0.05, 0.1) is 11.4 Å². The summed E-state index contributed by atoms with van der Waals surface area (Å²) in [5.41, 5.74) is 5.39. The summed E-state index contributed by atoms with van der Waals surface area (Å²) in [4.78, 5) is 11.5. The van der Waals surface area contributed by atoms with Crippen LogP contribution in [0.2, 0.25) is 0 Å². The summed E-state index contributed by atoms with van der Waals surface area (Å²) in [6, 6.07) is 0. The third kappa shape index (κ3) is 4.08. The lowest BCUT2D eigenvalue weighted by atomic mass is 10.1. The maximum atomic E-state index is 11.5. The van der Waals surface area contributed by atoms with Gasteiger partial charge in [0.2, 0.25) is 0 Å². The number of ether oxygens (including phenoxy) is 1. The first-order chi connectivity index (χ1) is 8.61. The van der Waals surface area contributed by atoms with E-state index in [2.05, 4.69) is 15.6 Å². The van der Waals surface area contributed by atoms with Crippen molar-refractivity contribution in [2.45, 2.75) is 47.1 Å². The number of nitrogens with zero attached hydrogens (tertiary/aromatic N) is 3. The Morgan fingerprint density at radius 3 is 2.37 bits per heavy atom. The number of hydrazone groups is 1. The Hall–Kier alpha value is -1.85. The van der Waals surface area contributed by atoms with Crippen LogP contribution in [0.15, 0.2) is 5.10 Å². The molecule has 0 saturated heterocycles. The van der Waals surface area contributed by atoms with Gasteiger partial charge in [-0.2, -0.15) is 10.2 Å². The Morgan fingerprint density at radius 2 is 1.95 bits per heavy atom. The monoisotopic (exact) mass is 266 g/mol. The number of hydrogen-bond donors (Lipinski definition) is 1. The maximum Gasteiger partial charge on any atom is 0.428 e. The molecule has 19 heavy (non-hydrogen) atoms. The molecule has 0 aliphatic rings. The summed E-state index contributed by atoms with van der Waals surface area (Å²) < 4.78 is 6.90. The fraction of sp³-hybridized carbons (Fsp3) is 0.615. The minimum Gasteiger partial charge on any atom is -0.443 e. The average Bonchev–Trinajstić information content (AvgIpc) is 2.47. The lowest BCUT2D eigenvalue weighted by Crippen LogP contribution is -2.30. The van der Waals surface area contributed by atoms with Gasteiger partial charge in [0.15, 0.2) is 0 Å². The van der Waals surface area contributed by atoms with Crippen LogP contribution in [0.4, 0.5) is 4.79 Å². The van der Waals surface area contributed by atoms with Gasteiger partial charge in [0.25, 0.3) is 0 Å². The maximum absolute atomic E-state index is 11.5. The van der Waals surface area contributed by atoms with Crippen LogP contribution in [0.3, 0.4) is 0 Å². The summed E-state index contributed by atoms with van der Waals surface area (Å²) in [6.45, 7) is 11.1. The van der Waals surface area contributed by atoms with Gasteiger partial charge in [-0.05, 0) is 41.5 Å². The second-order valence-electron chi connectivity index (χ2n) is 5.48. The molecular weight excluding hydrogens is 244 g/mol. The lowest BCUT2D eigenvalue weighted by molar-refractivity contribution is 0.0529. The van der Waals surface area contributed by atoms with Gasteiger partial charge in [-0.3, -0.25) is 4.68 Å². The molecule has 0 spiro atoms. The first-order valence-corrected chi connectivity index (χ1v) is 6.15. The number of aryl methyl sites for hydroxylation is 2. The van der Waals surface area contributed by atoms with E-state index in [1.54, 1.807) is 25.5 Å². The van der Waals surface area contributed by atoms with Crippen molar-refractivity contribution >= 4 is 11.8 Å². The van der Waals surface area contributed by atoms with Gasteiger partial charge < -0.3 is 4.74 Å². The Balaban J connectivity index is 2.81. The number of carbonyl (C=O) groups excluding carboxylic acids is 1. The predicted molar refractivity (Wildman–Crippen MR) is 74.3 cm³/mol. The number of nitrogens with one attached hydrogen (secondary N) is 1. The zero-order valence-electron chi connectivity index (χ0n) is 12.7. The third-order valence-corrected chi connectivity index (χ3v) is 2.58. The summed E-state index contributed by atoms with van der Waals surface area (Å²) in [7, 11) is 1.88. The first kappa shape index (κ1) is 15.2. The van der Waals surface area contributed by atoms with Crippen molar-refractivity contribution in [3.63, 3.8) is 0 Å². The average molecular weight is 266 g/mol.